The Morgan fingerprint density at radius 3 is 1.92 bits per heavy atom. The number of fused-ring (bicyclic) bond motifs is 1. The molecule has 4 rings (SSSR count). The summed E-state index contributed by atoms with van der Waals surface area (Å²) in [6, 6.07) is 28.5. The number of esters is 2. The summed E-state index contributed by atoms with van der Waals surface area (Å²) in [5.74, 6) is -0.699. The Kier molecular flexibility index (Phi) is 8.45. The normalized spacial score (nSPS) is 11.5. The number of rotatable bonds is 9. The lowest BCUT2D eigenvalue weighted by molar-refractivity contribution is 0.0517. The van der Waals surface area contributed by atoms with E-state index >= 15 is 0 Å². The van der Waals surface area contributed by atoms with Gasteiger partial charge in [-0.25, -0.2) is 9.59 Å². The van der Waals surface area contributed by atoms with Gasteiger partial charge in [-0.2, -0.15) is 0 Å². The van der Waals surface area contributed by atoms with Crippen molar-refractivity contribution in [3.05, 3.63) is 114 Å². The van der Waals surface area contributed by atoms with Crippen LogP contribution in [0.2, 0.25) is 0 Å². The molecule has 0 aliphatic rings. The third-order valence-electron chi connectivity index (χ3n) is 5.58. The van der Waals surface area contributed by atoms with Gasteiger partial charge in [-0.1, -0.05) is 36.4 Å². The zero-order chi connectivity index (χ0) is 26.0. The minimum atomic E-state index is -0.352. The lowest BCUT2D eigenvalue weighted by Gasteiger charge is -2.13. The minimum absolute atomic E-state index is 0.332. The molecule has 0 saturated heterocycles. The topological polar surface area (TPSA) is 77.0 Å². The van der Waals surface area contributed by atoms with E-state index in [2.05, 4.69) is 40.6 Å². The molecule has 186 valence electrons. The molecule has 0 bridgehead atoms. The maximum atomic E-state index is 12.0. The van der Waals surface area contributed by atoms with Gasteiger partial charge in [-0.3, -0.25) is 4.99 Å². The van der Waals surface area contributed by atoms with E-state index in [1.165, 1.54) is 0 Å². The number of nitrogens with one attached hydrogen (secondary N) is 1. The van der Waals surface area contributed by atoms with Gasteiger partial charge in [-0.15, -0.1) is 0 Å². The van der Waals surface area contributed by atoms with Crippen LogP contribution in [0.1, 0.15) is 40.1 Å². The van der Waals surface area contributed by atoms with Gasteiger partial charge >= 0.3 is 11.9 Å². The predicted molar refractivity (Wildman–Crippen MR) is 148 cm³/mol. The molecule has 37 heavy (non-hydrogen) atoms. The Hall–Kier alpha value is -4.71. The van der Waals surface area contributed by atoms with Gasteiger partial charge < -0.3 is 14.8 Å². The van der Waals surface area contributed by atoms with Gasteiger partial charge in [0.1, 0.15) is 0 Å². The van der Waals surface area contributed by atoms with Gasteiger partial charge in [0.25, 0.3) is 0 Å². The number of ether oxygens (including phenoxy) is 2. The van der Waals surface area contributed by atoms with E-state index in [0.29, 0.717) is 30.0 Å². The number of hydrogen-bond acceptors (Lipinski definition) is 6. The van der Waals surface area contributed by atoms with Crippen LogP contribution >= 0.6 is 0 Å². The van der Waals surface area contributed by atoms with Gasteiger partial charge in [-0.05, 0) is 90.9 Å². The van der Waals surface area contributed by atoms with E-state index in [9.17, 15) is 9.59 Å². The second-order valence-electron chi connectivity index (χ2n) is 8.11. The molecule has 0 aliphatic carbocycles. The Bertz CT molecular complexity index is 1440. The average Bonchev–Trinajstić information content (AvgIpc) is 2.93. The fraction of sp³-hybridized carbons (Fsp3) is 0.129. The molecule has 1 N–H and O–H groups in total. The van der Waals surface area contributed by atoms with Crippen molar-refractivity contribution in [3.8, 4) is 0 Å². The first kappa shape index (κ1) is 25.4. The molecule has 6 nitrogen and oxygen atoms in total. The maximum absolute atomic E-state index is 12.0. The predicted octanol–water partition coefficient (Wildman–Crippen LogP) is 7.05. The van der Waals surface area contributed by atoms with E-state index in [1.54, 1.807) is 56.5 Å². The molecule has 6 heteroatoms. The van der Waals surface area contributed by atoms with Crippen LogP contribution in [0.25, 0.3) is 16.5 Å². The minimum Gasteiger partial charge on any atom is -0.462 e. The second-order valence-corrected chi connectivity index (χ2v) is 8.11. The lowest BCUT2D eigenvalue weighted by Crippen LogP contribution is -2.05. The molecule has 0 atom stereocenters. The molecule has 4 aromatic rings. The summed E-state index contributed by atoms with van der Waals surface area (Å²) in [6.45, 7) is 4.22. The van der Waals surface area contributed by atoms with Crippen molar-refractivity contribution in [1.82, 2.24) is 0 Å². The number of benzene rings is 4. The molecule has 0 radical (unpaired) electrons. The highest BCUT2D eigenvalue weighted by molar-refractivity contribution is 5.95. The highest BCUT2D eigenvalue weighted by Gasteiger charge is 2.08. The fourth-order valence-electron chi connectivity index (χ4n) is 3.72. The van der Waals surface area contributed by atoms with Crippen LogP contribution in [0.3, 0.4) is 0 Å². The quantitative estimate of drug-likeness (QED) is 0.200. The number of anilines is 1. The van der Waals surface area contributed by atoms with Crippen molar-refractivity contribution >= 4 is 46.0 Å². The number of aliphatic imine (C=N–C) groups is 1. The summed E-state index contributed by atoms with van der Waals surface area (Å²) in [6.07, 6.45) is 3.60. The average molecular weight is 493 g/mol. The number of carbonyl (C=O) groups is 2. The third kappa shape index (κ3) is 6.70. The molecule has 0 saturated carbocycles. The fourth-order valence-corrected chi connectivity index (χ4v) is 3.72. The van der Waals surface area contributed by atoms with Crippen LogP contribution in [-0.2, 0) is 9.47 Å². The number of allylic oxidation sites excluding steroid dienone is 1. The summed E-state index contributed by atoms with van der Waals surface area (Å²) < 4.78 is 10.1. The van der Waals surface area contributed by atoms with Crippen LogP contribution in [-0.4, -0.2) is 31.4 Å². The Morgan fingerprint density at radius 1 is 0.730 bits per heavy atom. The monoisotopic (exact) mass is 492 g/mol. The van der Waals surface area contributed by atoms with Crippen LogP contribution in [0, 0.1) is 0 Å². The van der Waals surface area contributed by atoms with Crippen LogP contribution in [0.5, 0.6) is 0 Å². The SMILES string of the molecule is CCOC(=O)c1ccc(N=C/C=C(\Nc2ccc(C(=O)OCC)cc2)c2ccc3ccccc3c2)cc1. The van der Waals surface area contributed by atoms with Gasteiger partial charge in [0, 0.05) is 17.6 Å². The highest BCUT2D eigenvalue weighted by atomic mass is 16.5. The van der Waals surface area contributed by atoms with Crippen molar-refractivity contribution in [1.29, 1.82) is 0 Å². The summed E-state index contributed by atoms with van der Waals surface area (Å²) in [4.78, 5) is 28.4. The van der Waals surface area contributed by atoms with E-state index in [4.69, 9.17) is 9.47 Å². The first-order valence-corrected chi connectivity index (χ1v) is 12.1. The van der Waals surface area contributed by atoms with Crippen molar-refractivity contribution in [2.24, 2.45) is 4.99 Å². The van der Waals surface area contributed by atoms with Gasteiger partial charge in [0.05, 0.1) is 30.0 Å². The van der Waals surface area contributed by atoms with Crippen molar-refractivity contribution in [3.63, 3.8) is 0 Å². The largest absolute Gasteiger partial charge is 0.462 e. The van der Waals surface area contributed by atoms with Crippen molar-refractivity contribution in [2.75, 3.05) is 18.5 Å². The third-order valence-corrected chi connectivity index (χ3v) is 5.58. The summed E-state index contributed by atoms with van der Waals surface area (Å²) in [5, 5.41) is 5.71. The number of carbonyl (C=O) groups excluding carboxylic acids is 2. The Morgan fingerprint density at radius 2 is 1.30 bits per heavy atom. The van der Waals surface area contributed by atoms with E-state index in [-0.39, 0.29) is 11.9 Å². The highest BCUT2D eigenvalue weighted by Crippen LogP contribution is 2.24. The molecule has 0 fully saturated rings. The molecule has 0 aromatic heterocycles. The van der Waals surface area contributed by atoms with Gasteiger partial charge in [0.15, 0.2) is 0 Å². The lowest BCUT2D eigenvalue weighted by atomic mass is 10.0. The van der Waals surface area contributed by atoms with Crippen LogP contribution < -0.4 is 5.32 Å². The van der Waals surface area contributed by atoms with Crippen molar-refractivity contribution < 1.29 is 19.1 Å². The molecule has 0 spiro atoms. The Labute approximate surface area is 216 Å². The van der Waals surface area contributed by atoms with Crippen molar-refractivity contribution in [2.45, 2.75) is 13.8 Å². The van der Waals surface area contributed by atoms with E-state index < -0.39 is 0 Å². The Balaban J connectivity index is 1.60. The smallest absolute Gasteiger partial charge is 0.338 e. The summed E-state index contributed by atoms with van der Waals surface area (Å²) >= 11 is 0. The molecule has 0 amide bonds. The van der Waals surface area contributed by atoms with Crippen LogP contribution in [0.15, 0.2) is 102 Å². The zero-order valence-electron chi connectivity index (χ0n) is 20.8. The van der Waals surface area contributed by atoms with E-state index in [0.717, 1.165) is 27.7 Å². The number of hydrogen-bond donors (Lipinski definition) is 1. The first-order chi connectivity index (χ1) is 18.1. The molecule has 4 aromatic carbocycles. The molecule has 0 unspecified atom stereocenters. The molecule has 0 aliphatic heterocycles. The van der Waals surface area contributed by atoms with Gasteiger partial charge in [0.2, 0.25) is 0 Å². The maximum Gasteiger partial charge on any atom is 0.338 e. The standard InChI is InChI=1S/C31H28N2O4/c1-3-36-30(34)23-11-15-27(16-12-23)32-20-19-29(26-10-9-22-7-5-6-8-25(22)21-26)33-28-17-13-24(14-18-28)31(35)37-4-2/h5-21,33H,3-4H2,1-2H3/b29-19-,32-20?. The number of nitrogens with zero attached hydrogens (tertiary/aromatic N) is 1. The summed E-state index contributed by atoms with van der Waals surface area (Å²) in [5.41, 5.74) is 4.33. The zero-order valence-corrected chi connectivity index (χ0v) is 20.8. The summed E-state index contributed by atoms with van der Waals surface area (Å²) in [7, 11) is 0. The molecule has 0 heterocycles. The molecular formula is C31H28N2O4. The first-order valence-electron chi connectivity index (χ1n) is 12.1. The van der Waals surface area contributed by atoms with Crippen LogP contribution in [0.4, 0.5) is 11.4 Å². The second kappa shape index (κ2) is 12.3. The van der Waals surface area contributed by atoms with E-state index in [1.807, 2.05) is 30.3 Å². The molecular weight excluding hydrogens is 464 g/mol.